The molecule has 14 heteroatoms. The fourth-order valence-electron chi connectivity index (χ4n) is 5.21. The van der Waals surface area contributed by atoms with E-state index in [1.165, 1.54) is 10.6 Å². The maximum Gasteiger partial charge on any atom is 0.309 e. The van der Waals surface area contributed by atoms with E-state index in [1.807, 2.05) is 11.0 Å². The Labute approximate surface area is 231 Å². The number of fused-ring (bicyclic) bond motifs is 3. The Morgan fingerprint density at radius 1 is 1.12 bits per heavy atom. The average Bonchev–Trinajstić information content (AvgIpc) is 3.76. The van der Waals surface area contributed by atoms with E-state index in [4.69, 9.17) is 19.6 Å². The standard InChI is InChI=1S/C26H27FN8O4S/c27-18-14-16(39-17-5-13-37-15-17)3-4-19(18)33-9-6-32(7-10-33)8-11-34-23-21(40-26(34)36)24-29-22(20-2-1-12-38-20)31-35(24)25(28)30-23/h1-4,12,14,17H,5-11,13,15H2,(H2,28,30). The number of halogens is 1. The Bertz CT molecular complexity index is 1720. The predicted octanol–water partition coefficient (Wildman–Crippen LogP) is 2.47. The molecule has 12 nitrogen and oxygen atoms in total. The highest BCUT2D eigenvalue weighted by molar-refractivity contribution is 7.17. The Balaban J connectivity index is 1.02. The summed E-state index contributed by atoms with van der Waals surface area (Å²) in [6.45, 7) is 5.15. The maximum atomic E-state index is 14.9. The fourth-order valence-corrected chi connectivity index (χ4v) is 6.14. The monoisotopic (exact) mass is 566 g/mol. The van der Waals surface area contributed by atoms with Crippen molar-refractivity contribution in [3.05, 3.63) is 52.1 Å². The van der Waals surface area contributed by atoms with Crippen LogP contribution in [0.25, 0.3) is 27.6 Å². The molecule has 2 N–H and O–H groups in total. The first-order valence-corrected chi connectivity index (χ1v) is 14.0. The molecular formula is C26H27FN8O4S. The number of hydrogen-bond acceptors (Lipinski definition) is 11. The van der Waals surface area contributed by atoms with Crippen LogP contribution in [0, 0.1) is 5.82 Å². The van der Waals surface area contributed by atoms with Crippen LogP contribution in [0.4, 0.5) is 16.0 Å². The number of piperazine rings is 1. The van der Waals surface area contributed by atoms with E-state index in [0.29, 0.717) is 78.4 Å². The summed E-state index contributed by atoms with van der Waals surface area (Å²) in [5.74, 6) is 1.25. The number of aromatic nitrogens is 5. The van der Waals surface area contributed by atoms with E-state index in [-0.39, 0.29) is 22.7 Å². The molecule has 5 aromatic rings. The molecule has 2 fully saturated rings. The first-order chi connectivity index (χ1) is 19.5. The molecule has 4 aromatic heterocycles. The van der Waals surface area contributed by atoms with Crippen LogP contribution in [-0.2, 0) is 11.3 Å². The van der Waals surface area contributed by atoms with Gasteiger partial charge in [0.25, 0.3) is 0 Å². The molecule has 7 rings (SSSR count). The molecular weight excluding hydrogens is 539 g/mol. The number of anilines is 2. The van der Waals surface area contributed by atoms with Crippen molar-refractivity contribution in [2.45, 2.75) is 19.1 Å². The van der Waals surface area contributed by atoms with Gasteiger partial charge in [-0.3, -0.25) is 14.3 Å². The highest BCUT2D eigenvalue weighted by atomic mass is 32.1. The highest BCUT2D eigenvalue weighted by Crippen LogP contribution is 2.28. The Kier molecular flexibility index (Phi) is 6.37. The second-order valence-electron chi connectivity index (χ2n) is 9.84. The molecule has 2 saturated heterocycles. The summed E-state index contributed by atoms with van der Waals surface area (Å²) in [4.78, 5) is 26.2. The van der Waals surface area contributed by atoms with Gasteiger partial charge in [0.15, 0.2) is 17.1 Å². The summed E-state index contributed by atoms with van der Waals surface area (Å²) in [7, 11) is 0. The maximum absolute atomic E-state index is 14.9. The third-order valence-electron chi connectivity index (χ3n) is 7.32. The van der Waals surface area contributed by atoms with Crippen LogP contribution < -0.4 is 20.2 Å². The molecule has 0 aliphatic carbocycles. The van der Waals surface area contributed by atoms with Gasteiger partial charge >= 0.3 is 4.87 Å². The summed E-state index contributed by atoms with van der Waals surface area (Å²) in [5.41, 5.74) is 7.72. The van der Waals surface area contributed by atoms with Gasteiger partial charge in [0.05, 0.1) is 25.2 Å². The van der Waals surface area contributed by atoms with E-state index in [9.17, 15) is 9.18 Å². The lowest BCUT2D eigenvalue weighted by Crippen LogP contribution is -2.47. The minimum absolute atomic E-state index is 0.0186. The normalized spacial score (nSPS) is 18.3. The molecule has 1 unspecified atom stereocenters. The van der Waals surface area contributed by atoms with Gasteiger partial charge in [0.1, 0.15) is 22.4 Å². The molecule has 0 bridgehead atoms. The van der Waals surface area contributed by atoms with E-state index in [0.717, 1.165) is 30.8 Å². The van der Waals surface area contributed by atoms with Gasteiger partial charge in [-0.2, -0.15) is 9.50 Å². The number of hydrogen-bond donors (Lipinski definition) is 1. The largest absolute Gasteiger partial charge is 0.488 e. The zero-order chi connectivity index (χ0) is 27.2. The summed E-state index contributed by atoms with van der Waals surface area (Å²) in [6, 6.07) is 8.57. The molecule has 40 heavy (non-hydrogen) atoms. The smallest absolute Gasteiger partial charge is 0.309 e. The average molecular weight is 567 g/mol. The SMILES string of the molecule is Nc1nc2c(sc(=O)n2CCN2CCN(c3ccc(OC4CCOC4)cc3F)CC2)c2nc(-c3ccco3)nn12. The van der Waals surface area contributed by atoms with Crippen molar-refractivity contribution in [3.8, 4) is 17.3 Å². The predicted molar refractivity (Wildman–Crippen MR) is 147 cm³/mol. The topological polar surface area (TPSA) is 129 Å². The molecule has 0 amide bonds. The molecule has 0 spiro atoms. The number of nitrogen functional groups attached to an aromatic ring is 1. The number of rotatable bonds is 7. The van der Waals surface area contributed by atoms with Gasteiger partial charge in [0.2, 0.25) is 11.8 Å². The minimum atomic E-state index is -0.292. The van der Waals surface area contributed by atoms with Crippen molar-refractivity contribution in [1.29, 1.82) is 0 Å². The van der Waals surface area contributed by atoms with E-state index < -0.39 is 0 Å². The van der Waals surface area contributed by atoms with Crippen molar-refractivity contribution < 1.29 is 18.3 Å². The fraction of sp³-hybridized carbons (Fsp3) is 0.385. The van der Waals surface area contributed by atoms with Gasteiger partial charge in [-0.1, -0.05) is 11.3 Å². The Morgan fingerprint density at radius 2 is 2.00 bits per heavy atom. The van der Waals surface area contributed by atoms with Gasteiger partial charge < -0.3 is 24.5 Å². The van der Waals surface area contributed by atoms with Crippen LogP contribution in [0.15, 0.2) is 45.8 Å². The number of benzene rings is 1. The van der Waals surface area contributed by atoms with Gasteiger partial charge in [-0.15, -0.1) is 5.10 Å². The van der Waals surface area contributed by atoms with Crippen LogP contribution in [0.2, 0.25) is 0 Å². The van der Waals surface area contributed by atoms with Gasteiger partial charge in [-0.05, 0) is 24.3 Å². The van der Waals surface area contributed by atoms with E-state index in [2.05, 4.69) is 20.0 Å². The number of ether oxygens (including phenoxy) is 2. The Hall–Kier alpha value is -4.01. The van der Waals surface area contributed by atoms with E-state index >= 15 is 0 Å². The highest BCUT2D eigenvalue weighted by Gasteiger charge is 2.23. The summed E-state index contributed by atoms with van der Waals surface area (Å²) in [5, 5.41) is 4.40. The minimum Gasteiger partial charge on any atom is -0.488 e. The second kappa shape index (κ2) is 10.2. The summed E-state index contributed by atoms with van der Waals surface area (Å²) in [6.07, 6.45) is 2.34. The number of nitrogens with zero attached hydrogens (tertiary/aromatic N) is 7. The lowest BCUT2D eigenvalue weighted by molar-refractivity contribution is 0.141. The quantitative estimate of drug-likeness (QED) is 0.314. The van der Waals surface area contributed by atoms with Crippen LogP contribution in [0.5, 0.6) is 5.75 Å². The molecule has 2 aliphatic rings. The molecule has 2 aliphatic heterocycles. The van der Waals surface area contributed by atoms with Crippen molar-refractivity contribution >= 4 is 39.0 Å². The molecule has 0 radical (unpaired) electrons. The van der Waals surface area contributed by atoms with Crippen LogP contribution in [-0.4, -0.2) is 81.1 Å². The van der Waals surface area contributed by atoms with E-state index in [1.54, 1.807) is 29.0 Å². The third kappa shape index (κ3) is 4.57. The second-order valence-corrected chi connectivity index (χ2v) is 10.8. The molecule has 6 heterocycles. The Morgan fingerprint density at radius 3 is 2.75 bits per heavy atom. The molecule has 208 valence electrons. The van der Waals surface area contributed by atoms with Crippen molar-refractivity contribution in [3.63, 3.8) is 0 Å². The molecule has 1 atom stereocenters. The van der Waals surface area contributed by atoms with Crippen LogP contribution in [0.1, 0.15) is 6.42 Å². The number of nitrogens with two attached hydrogens (primary N) is 1. The molecule has 1 aromatic carbocycles. The third-order valence-corrected chi connectivity index (χ3v) is 8.28. The first-order valence-electron chi connectivity index (χ1n) is 13.1. The zero-order valence-corrected chi connectivity index (χ0v) is 22.3. The van der Waals surface area contributed by atoms with Gasteiger partial charge in [-0.25, -0.2) is 9.37 Å². The summed E-state index contributed by atoms with van der Waals surface area (Å²) < 4.78 is 35.2. The van der Waals surface area contributed by atoms with Crippen molar-refractivity contribution in [2.75, 3.05) is 56.6 Å². The number of thiazole rings is 1. The van der Waals surface area contributed by atoms with Crippen molar-refractivity contribution in [1.82, 2.24) is 29.0 Å². The zero-order valence-electron chi connectivity index (χ0n) is 21.5. The summed E-state index contributed by atoms with van der Waals surface area (Å²) >= 11 is 1.07. The van der Waals surface area contributed by atoms with Gasteiger partial charge in [0, 0.05) is 51.8 Å². The lowest BCUT2D eigenvalue weighted by Gasteiger charge is -2.36. The number of furan rings is 1. The first kappa shape index (κ1) is 25.0. The lowest BCUT2D eigenvalue weighted by atomic mass is 10.2. The van der Waals surface area contributed by atoms with Crippen molar-refractivity contribution in [2.24, 2.45) is 0 Å². The van der Waals surface area contributed by atoms with Crippen LogP contribution >= 0.6 is 11.3 Å². The van der Waals surface area contributed by atoms with Crippen LogP contribution in [0.3, 0.4) is 0 Å². The molecule has 0 saturated carbocycles.